The Kier molecular flexibility index (Phi) is 3.59. The van der Waals surface area contributed by atoms with Crippen LogP contribution in [0.5, 0.6) is 0 Å². The quantitative estimate of drug-likeness (QED) is 0.913. The van der Waals surface area contributed by atoms with E-state index in [2.05, 4.69) is 0 Å². The van der Waals surface area contributed by atoms with Crippen molar-refractivity contribution in [1.29, 1.82) is 0 Å². The minimum absolute atomic E-state index is 0.0555. The van der Waals surface area contributed by atoms with Gasteiger partial charge in [0.05, 0.1) is 17.5 Å². The van der Waals surface area contributed by atoms with Crippen molar-refractivity contribution in [1.82, 2.24) is 0 Å². The lowest BCUT2D eigenvalue weighted by Gasteiger charge is -2.32. The Bertz CT molecular complexity index is 544. The molecular weight excluding hydrogens is 257 g/mol. The van der Waals surface area contributed by atoms with Gasteiger partial charge in [-0.15, -0.1) is 0 Å². The highest BCUT2D eigenvalue weighted by Gasteiger charge is 2.30. The predicted octanol–water partition coefficient (Wildman–Crippen LogP) is 1.81. The molecule has 0 aromatic heterocycles. The Labute approximate surface area is 106 Å². The first-order chi connectivity index (χ1) is 8.45. The Morgan fingerprint density at radius 3 is 2.89 bits per heavy atom. The molecule has 0 saturated carbocycles. The van der Waals surface area contributed by atoms with Crippen LogP contribution in [0.1, 0.15) is 31.4 Å². The Morgan fingerprint density at radius 1 is 1.50 bits per heavy atom. The van der Waals surface area contributed by atoms with Gasteiger partial charge < -0.3 is 5.11 Å². The van der Waals surface area contributed by atoms with Gasteiger partial charge in [-0.2, -0.15) is 0 Å². The largest absolute Gasteiger partial charge is 0.388 e. The number of hydrogen-bond acceptors (Lipinski definition) is 3. The highest BCUT2D eigenvalue weighted by Crippen LogP contribution is 2.35. The van der Waals surface area contributed by atoms with Gasteiger partial charge in [0, 0.05) is 12.1 Å². The van der Waals surface area contributed by atoms with Crippen LogP contribution >= 0.6 is 0 Å². The number of sulfonamides is 1. The molecule has 0 bridgehead atoms. The second-order valence-electron chi connectivity index (χ2n) is 4.40. The van der Waals surface area contributed by atoms with Gasteiger partial charge in [-0.05, 0) is 31.0 Å². The summed E-state index contributed by atoms with van der Waals surface area (Å²) in [5.74, 6) is -0.414. The van der Waals surface area contributed by atoms with Gasteiger partial charge in [-0.25, -0.2) is 12.8 Å². The molecule has 0 amide bonds. The third-order valence-corrected chi connectivity index (χ3v) is 5.00. The molecule has 1 aliphatic heterocycles. The van der Waals surface area contributed by atoms with E-state index < -0.39 is 21.9 Å². The lowest BCUT2D eigenvalue weighted by atomic mass is 10.0. The molecule has 4 nitrogen and oxygen atoms in total. The molecule has 0 saturated heterocycles. The van der Waals surface area contributed by atoms with Crippen molar-refractivity contribution in [2.75, 3.05) is 16.6 Å². The van der Waals surface area contributed by atoms with Crippen molar-refractivity contribution in [3.05, 3.63) is 29.6 Å². The van der Waals surface area contributed by atoms with E-state index in [0.717, 1.165) is 0 Å². The van der Waals surface area contributed by atoms with E-state index >= 15 is 0 Å². The van der Waals surface area contributed by atoms with Crippen molar-refractivity contribution in [2.45, 2.75) is 25.9 Å². The molecule has 0 fully saturated rings. The normalized spacial score (nSPS) is 19.7. The molecule has 1 unspecified atom stereocenters. The zero-order valence-corrected chi connectivity index (χ0v) is 11.0. The third-order valence-electron chi connectivity index (χ3n) is 3.02. The fourth-order valence-electron chi connectivity index (χ4n) is 2.19. The monoisotopic (exact) mass is 273 g/mol. The van der Waals surface area contributed by atoms with Crippen LogP contribution < -0.4 is 4.31 Å². The molecule has 18 heavy (non-hydrogen) atoms. The lowest BCUT2D eigenvalue weighted by Crippen LogP contribution is -2.38. The number of benzene rings is 1. The lowest BCUT2D eigenvalue weighted by molar-refractivity contribution is 0.166. The van der Waals surface area contributed by atoms with E-state index in [1.54, 1.807) is 6.92 Å². The van der Waals surface area contributed by atoms with Gasteiger partial charge in [0.15, 0.2) is 0 Å². The zero-order valence-electron chi connectivity index (χ0n) is 10.1. The number of fused-ring (bicyclic) bond motifs is 1. The summed E-state index contributed by atoms with van der Waals surface area (Å²) in [6.45, 7) is 2.03. The molecule has 0 spiro atoms. The fourth-order valence-corrected chi connectivity index (χ4v) is 3.78. The zero-order chi connectivity index (χ0) is 13.3. The summed E-state index contributed by atoms with van der Waals surface area (Å²) in [7, 11) is -3.38. The number of rotatable bonds is 3. The first kappa shape index (κ1) is 13.3. The van der Waals surface area contributed by atoms with Crippen LogP contribution in [-0.4, -0.2) is 25.8 Å². The SMILES string of the molecule is CCCS(=O)(=O)N1CCC(O)c2cc(F)ccc21. The molecule has 100 valence electrons. The van der Waals surface area contributed by atoms with Crippen molar-refractivity contribution in [3.63, 3.8) is 0 Å². The number of hydrogen-bond donors (Lipinski definition) is 1. The molecule has 1 aromatic rings. The van der Waals surface area contributed by atoms with Crippen LogP contribution in [0.4, 0.5) is 10.1 Å². The van der Waals surface area contributed by atoms with E-state index in [0.29, 0.717) is 24.1 Å². The molecule has 1 atom stereocenters. The Hall–Kier alpha value is -1.14. The van der Waals surface area contributed by atoms with E-state index in [4.69, 9.17) is 0 Å². The minimum Gasteiger partial charge on any atom is -0.388 e. The molecule has 6 heteroatoms. The number of aliphatic hydroxyl groups excluding tert-OH is 1. The van der Waals surface area contributed by atoms with Gasteiger partial charge in [-0.1, -0.05) is 6.92 Å². The average molecular weight is 273 g/mol. The smallest absolute Gasteiger partial charge is 0.235 e. The summed E-state index contributed by atoms with van der Waals surface area (Å²) in [6, 6.07) is 3.83. The summed E-state index contributed by atoms with van der Waals surface area (Å²) < 4.78 is 38.6. The van der Waals surface area contributed by atoms with Crippen LogP contribution in [0.3, 0.4) is 0 Å². The highest BCUT2D eigenvalue weighted by molar-refractivity contribution is 7.92. The molecule has 1 aliphatic rings. The third kappa shape index (κ3) is 2.35. The molecule has 1 heterocycles. The van der Waals surface area contributed by atoms with Crippen LogP contribution in [-0.2, 0) is 10.0 Å². The van der Waals surface area contributed by atoms with E-state index in [1.165, 1.54) is 22.5 Å². The Balaban J connectivity index is 2.47. The summed E-state index contributed by atoms with van der Waals surface area (Å²) in [5.41, 5.74) is 0.740. The molecule has 1 aromatic carbocycles. The van der Waals surface area contributed by atoms with Gasteiger partial charge >= 0.3 is 0 Å². The fraction of sp³-hybridized carbons (Fsp3) is 0.500. The maximum atomic E-state index is 13.2. The molecule has 0 radical (unpaired) electrons. The second-order valence-corrected chi connectivity index (χ2v) is 6.41. The maximum Gasteiger partial charge on any atom is 0.235 e. The van der Waals surface area contributed by atoms with Gasteiger partial charge in [0.2, 0.25) is 10.0 Å². The van der Waals surface area contributed by atoms with E-state index in [1.807, 2.05) is 0 Å². The van der Waals surface area contributed by atoms with Crippen LogP contribution in [0.25, 0.3) is 0 Å². The molecule has 0 aliphatic carbocycles. The van der Waals surface area contributed by atoms with Crippen LogP contribution in [0.15, 0.2) is 18.2 Å². The van der Waals surface area contributed by atoms with Gasteiger partial charge in [-0.3, -0.25) is 4.31 Å². The number of aliphatic hydroxyl groups is 1. The summed E-state index contributed by atoms with van der Waals surface area (Å²) in [5, 5.41) is 9.81. The van der Waals surface area contributed by atoms with Crippen LogP contribution in [0, 0.1) is 5.82 Å². The van der Waals surface area contributed by atoms with Gasteiger partial charge in [0.1, 0.15) is 5.82 Å². The Morgan fingerprint density at radius 2 is 2.22 bits per heavy atom. The molecule has 1 N–H and O–H groups in total. The second kappa shape index (κ2) is 4.85. The van der Waals surface area contributed by atoms with Crippen molar-refractivity contribution in [3.8, 4) is 0 Å². The molecular formula is C12H16FNO3S. The standard InChI is InChI=1S/C12H16FNO3S/c1-2-7-18(16,17)14-6-5-12(15)10-8-9(13)3-4-11(10)14/h3-4,8,12,15H,2,5-7H2,1H3. The topological polar surface area (TPSA) is 57.6 Å². The molecule has 2 rings (SSSR count). The van der Waals surface area contributed by atoms with Crippen molar-refractivity contribution >= 4 is 15.7 Å². The van der Waals surface area contributed by atoms with E-state index in [-0.39, 0.29) is 12.3 Å². The van der Waals surface area contributed by atoms with Crippen molar-refractivity contribution < 1.29 is 17.9 Å². The number of halogens is 1. The maximum absolute atomic E-state index is 13.2. The predicted molar refractivity (Wildman–Crippen MR) is 67.4 cm³/mol. The van der Waals surface area contributed by atoms with Crippen molar-refractivity contribution in [2.24, 2.45) is 0 Å². The number of nitrogens with zero attached hydrogens (tertiary/aromatic N) is 1. The summed E-state index contributed by atoms with van der Waals surface area (Å²) in [6.07, 6.45) is 0.0147. The highest BCUT2D eigenvalue weighted by atomic mass is 32.2. The first-order valence-electron chi connectivity index (χ1n) is 5.93. The number of anilines is 1. The average Bonchev–Trinajstić information content (AvgIpc) is 2.30. The first-order valence-corrected chi connectivity index (χ1v) is 7.54. The van der Waals surface area contributed by atoms with Gasteiger partial charge in [0.25, 0.3) is 0 Å². The summed E-state index contributed by atoms with van der Waals surface area (Å²) in [4.78, 5) is 0. The minimum atomic E-state index is -3.38. The van der Waals surface area contributed by atoms with Crippen LogP contribution in [0.2, 0.25) is 0 Å². The van der Waals surface area contributed by atoms with E-state index in [9.17, 15) is 17.9 Å². The summed E-state index contributed by atoms with van der Waals surface area (Å²) >= 11 is 0.